The van der Waals surface area contributed by atoms with E-state index in [9.17, 15) is 14.7 Å². The first-order valence-corrected chi connectivity index (χ1v) is 15.5. The fraction of sp³-hybridized carbons (Fsp3) is 0.933. The van der Waals surface area contributed by atoms with E-state index in [1.165, 1.54) is 89.9 Å². The molecule has 7 nitrogen and oxygen atoms in total. The summed E-state index contributed by atoms with van der Waals surface area (Å²) in [5.74, 6) is -1.24. The van der Waals surface area contributed by atoms with Gasteiger partial charge in [0.05, 0.1) is 6.42 Å². The highest BCUT2D eigenvalue weighted by atomic mass is 16.5. The maximum absolute atomic E-state index is 12.1. The van der Waals surface area contributed by atoms with E-state index in [4.69, 9.17) is 9.47 Å². The molecule has 0 saturated heterocycles. The molecule has 0 radical (unpaired) electrons. The number of carbonyl (C=O) groups is 2. The molecular weight excluding hydrogens is 468 g/mol. The number of amides is 1. The van der Waals surface area contributed by atoms with E-state index in [0.717, 1.165) is 38.9 Å². The van der Waals surface area contributed by atoms with E-state index in [2.05, 4.69) is 24.5 Å². The van der Waals surface area contributed by atoms with Crippen molar-refractivity contribution >= 4 is 11.9 Å². The summed E-state index contributed by atoms with van der Waals surface area (Å²) in [4.78, 5) is 23.6. The smallest absolute Gasteiger partial charge is 0.321 e. The fourth-order valence-corrected chi connectivity index (χ4v) is 4.24. The lowest BCUT2D eigenvalue weighted by atomic mass is 10.1. The summed E-state index contributed by atoms with van der Waals surface area (Å²) in [6.07, 6.45) is 21.9. The maximum Gasteiger partial charge on any atom is 0.321 e. The van der Waals surface area contributed by atoms with Crippen LogP contribution in [0, 0.1) is 0 Å². The van der Waals surface area contributed by atoms with E-state index in [0.29, 0.717) is 26.3 Å². The molecule has 0 spiro atoms. The van der Waals surface area contributed by atoms with Gasteiger partial charge in [0.15, 0.2) is 0 Å². The maximum atomic E-state index is 12.1. The fourth-order valence-electron chi connectivity index (χ4n) is 4.24. The second kappa shape index (κ2) is 29.4. The second-order valence-electron chi connectivity index (χ2n) is 10.3. The van der Waals surface area contributed by atoms with Gasteiger partial charge >= 0.3 is 5.97 Å². The minimum Gasteiger partial charge on any atom is -0.480 e. The summed E-state index contributed by atoms with van der Waals surface area (Å²) < 4.78 is 11.3. The van der Waals surface area contributed by atoms with Crippen molar-refractivity contribution in [3.63, 3.8) is 0 Å². The quantitative estimate of drug-likeness (QED) is 0.0905. The van der Waals surface area contributed by atoms with Gasteiger partial charge in [-0.05, 0) is 32.2 Å². The standard InChI is InChI=1S/C30H60N2O5/c1-3-5-7-9-11-13-15-17-23-36-25-19-21-31-28(30(34)35)27-29(33)32-22-20-26-37-24-18-16-14-12-10-8-6-4-2/h28,31H,3-27H2,1-2H3,(H,32,33)(H,34,35)/t28-/m0/s1. The van der Waals surface area contributed by atoms with Gasteiger partial charge in [-0.15, -0.1) is 0 Å². The Bertz CT molecular complexity index is 504. The van der Waals surface area contributed by atoms with Gasteiger partial charge < -0.3 is 25.2 Å². The van der Waals surface area contributed by atoms with E-state index < -0.39 is 12.0 Å². The molecule has 1 amide bonds. The number of hydrogen-bond acceptors (Lipinski definition) is 5. The number of rotatable bonds is 30. The lowest BCUT2D eigenvalue weighted by Crippen LogP contribution is -2.42. The second-order valence-corrected chi connectivity index (χ2v) is 10.3. The highest BCUT2D eigenvalue weighted by Crippen LogP contribution is 2.09. The monoisotopic (exact) mass is 528 g/mol. The molecule has 3 N–H and O–H groups in total. The Balaban J connectivity index is 3.55. The molecule has 0 aromatic rings. The molecule has 0 aliphatic heterocycles. The third kappa shape index (κ3) is 27.7. The summed E-state index contributed by atoms with van der Waals surface area (Å²) in [7, 11) is 0. The van der Waals surface area contributed by atoms with Crippen LogP contribution in [0.25, 0.3) is 0 Å². The van der Waals surface area contributed by atoms with E-state index in [1.54, 1.807) is 0 Å². The minimum absolute atomic E-state index is 0.0619. The number of ether oxygens (including phenoxy) is 2. The first-order valence-electron chi connectivity index (χ1n) is 15.5. The van der Waals surface area contributed by atoms with Crippen molar-refractivity contribution in [1.82, 2.24) is 10.6 Å². The van der Waals surface area contributed by atoms with Crippen LogP contribution in [0.3, 0.4) is 0 Å². The normalized spacial score (nSPS) is 12.1. The molecule has 0 saturated carbocycles. The van der Waals surface area contributed by atoms with Crippen molar-refractivity contribution in [1.29, 1.82) is 0 Å². The predicted molar refractivity (Wildman–Crippen MR) is 153 cm³/mol. The summed E-state index contributed by atoms with van der Waals surface area (Å²) in [6.45, 7) is 8.29. The Hall–Kier alpha value is -1.18. The van der Waals surface area contributed by atoms with Gasteiger partial charge in [0, 0.05) is 33.0 Å². The van der Waals surface area contributed by atoms with Gasteiger partial charge in [0.25, 0.3) is 0 Å². The van der Waals surface area contributed by atoms with Crippen LogP contribution < -0.4 is 10.6 Å². The van der Waals surface area contributed by atoms with Gasteiger partial charge in [-0.2, -0.15) is 0 Å². The molecule has 0 aromatic heterocycles. The van der Waals surface area contributed by atoms with Gasteiger partial charge in [0.2, 0.25) is 5.91 Å². The molecular formula is C30H60N2O5. The lowest BCUT2D eigenvalue weighted by molar-refractivity contribution is -0.141. The van der Waals surface area contributed by atoms with Crippen molar-refractivity contribution in [3.8, 4) is 0 Å². The minimum atomic E-state index is -0.997. The van der Waals surface area contributed by atoms with Gasteiger partial charge in [0.1, 0.15) is 6.04 Å². The molecule has 0 rings (SSSR count). The Labute approximate surface area is 228 Å². The first kappa shape index (κ1) is 35.8. The summed E-state index contributed by atoms with van der Waals surface area (Å²) in [6, 6.07) is -0.870. The van der Waals surface area contributed by atoms with Crippen LogP contribution >= 0.6 is 0 Å². The highest BCUT2D eigenvalue weighted by Gasteiger charge is 2.20. The van der Waals surface area contributed by atoms with Gasteiger partial charge in [-0.25, -0.2) is 0 Å². The Morgan fingerprint density at radius 2 is 1.00 bits per heavy atom. The zero-order valence-corrected chi connectivity index (χ0v) is 24.3. The van der Waals surface area contributed by atoms with Crippen LogP contribution in [0.2, 0.25) is 0 Å². The molecule has 1 atom stereocenters. The zero-order chi connectivity index (χ0) is 27.2. The van der Waals surface area contributed by atoms with Crippen molar-refractivity contribution < 1.29 is 24.2 Å². The van der Waals surface area contributed by atoms with Crippen LogP contribution in [0.15, 0.2) is 0 Å². The number of hydrogen-bond donors (Lipinski definition) is 3. The number of unbranched alkanes of at least 4 members (excludes halogenated alkanes) is 14. The molecule has 0 aromatic carbocycles. The highest BCUT2D eigenvalue weighted by molar-refractivity contribution is 5.84. The van der Waals surface area contributed by atoms with Crippen LogP contribution in [0.1, 0.15) is 136 Å². The average molecular weight is 529 g/mol. The van der Waals surface area contributed by atoms with Crippen LogP contribution in [0.4, 0.5) is 0 Å². The van der Waals surface area contributed by atoms with Crippen LogP contribution in [-0.4, -0.2) is 62.5 Å². The van der Waals surface area contributed by atoms with E-state index in [1.807, 2.05) is 0 Å². The average Bonchev–Trinajstić information content (AvgIpc) is 2.88. The predicted octanol–water partition coefficient (Wildman–Crippen LogP) is 6.63. The van der Waals surface area contributed by atoms with Crippen LogP contribution in [0.5, 0.6) is 0 Å². The molecule has 0 fully saturated rings. The largest absolute Gasteiger partial charge is 0.480 e. The first-order chi connectivity index (χ1) is 18.1. The summed E-state index contributed by atoms with van der Waals surface area (Å²) >= 11 is 0. The third-order valence-electron chi connectivity index (χ3n) is 6.62. The van der Waals surface area contributed by atoms with Crippen molar-refractivity contribution in [2.45, 2.75) is 142 Å². The number of aliphatic carboxylic acids is 1. The molecule has 0 aliphatic rings. The van der Waals surface area contributed by atoms with Crippen molar-refractivity contribution in [3.05, 3.63) is 0 Å². The number of carbonyl (C=O) groups excluding carboxylic acids is 1. The number of carboxylic acid groups (broad SMARTS) is 1. The lowest BCUT2D eigenvalue weighted by Gasteiger charge is -2.14. The van der Waals surface area contributed by atoms with Crippen molar-refractivity contribution in [2.24, 2.45) is 0 Å². The van der Waals surface area contributed by atoms with Crippen molar-refractivity contribution in [2.75, 3.05) is 39.5 Å². The summed E-state index contributed by atoms with van der Waals surface area (Å²) in [5.41, 5.74) is 0. The van der Waals surface area contributed by atoms with Crippen LogP contribution in [-0.2, 0) is 19.1 Å². The molecule has 0 heterocycles. The van der Waals surface area contributed by atoms with E-state index >= 15 is 0 Å². The Morgan fingerprint density at radius 1 is 0.595 bits per heavy atom. The van der Waals surface area contributed by atoms with E-state index in [-0.39, 0.29) is 12.3 Å². The SMILES string of the molecule is CCCCCCCCCCOCCCNC(=O)C[C@H](NCCCOCCCCCCCCCC)C(=O)O. The molecule has 0 aliphatic carbocycles. The number of nitrogens with one attached hydrogen (secondary N) is 2. The molecule has 0 unspecified atom stereocenters. The third-order valence-corrected chi connectivity index (χ3v) is 6.62. The molecule has 0 bridgehead atoms. The molecule has 37 heavy (non-hydrogen) atoms. The zero-order valence-electron chi connectivity index (χ0n) is 24.3. The topological polar surface area (TPSA) is 96.9 Å². The summed E-state index contributed by atoms with van der Waals surface area (Å²) in [5, 5.41) is 15.2. The molecule has 7 heteroatoms. The Morgan fingerprint density at radius 3 is 1.46 bits per heavy atom. The Kier molecular flexibility index (Phi) is 28.4. The molecule has 220 valence electrons. The van der Waals surface area contributed by atoms with Gasteiger partial charge in [-0.1, -0.05) is 104 Å². The number of carboxylic acids is 1. The van der Waals surface area contributed by atoms with Gasteiger partial charge in [-0.3, -0.25) is 9.59 Å².